The van der Waals surface area contributed by atoms with Gasteiger partial charge in [0.2, 0.25) is 6.79 Å². The second-order valence-electron chi connectivity index (χ2n) is 4.91. The van der Waals surface area contributed by atoms with E-state index in [1.54, 1.807) is 42.3 Å². The van der Waals surface area contributed by atoms with Gasteiger partial charge in [-0.1, -0.05) is 41.4 Å². The average molecular weight is 338 g/mol. The highest BCUT2D eigenvalue weighted by Crippen LogP contribution is 2.36. The molecule has 0 bridgehead atoms. The Bertz CT molecular complexity index is 733. The molecule has 2 aromatic carbocycles. The molecule has 0 saturated carbocycles. The van der Waals surface area contributed by atoms with Crippen molar-refractivity contribution in [2.75, 3.05) is 13.8 Å². The minimum Gasteiger partial charge on any atom is -0.454 e. The molecule has 114 valence electrons. The number of ether oxygens (including phenoxy) is 2. The molecule has 0 aliphatic carbocycles. The molecule has 0 N–H and O–H groups in total. The Morgan fingerprint density at radius 1 is 1.18 bits per heavy atom. The molecule has 0 aromatic heterocycles. The van der Waals surface area contributed by atoms with Crippen LogP contribution in [0, 0.1) is 0 Å². The van der Waals surface area contributed by atoms with Crippen LogP contribution in [-0.2, 0) is 6.54 Å². The number of benzene rings is 2. The van der Waals surface area contributed by atoms with Gasteiger partial charge in [0.15, 0.2) is 11.5 Å². The minimum absolute atomic E-state index is 0.128. The molecule has 0 fully saturated rings. The van der Waals surface area contributed by atoms with Crippen molar-refractivity contribution in [3.8, 4) is 11.5 Å². The number of para-hydroxylation sites is 1. The molecular formula is C16H13Cl2NO3. The zero-order valence-electron chi connectivity index (χ0n) is 11.8. The van der Waals surface area contributed by atoms with Gasteiger partial charge in [0.1, 0.15) is 0 Å². The second kappa shape index (κ2) is 6.07. The van der Waals surface area contributed by atoms with Crippen molar-refractivity contribution in [1.82, 2.24) is 4.90 Å². The fourth-order valence-corrected chi connectivity index (χ4v) is 2.68. The molecule has 0 radical (unpaired) electrons. The monoisotopic (exact) mass is 337 g/mol. The zero-order valence-corrected chi connectivity index (χ0v) is 13.3. The second-order valence-corrected chi connectivity index (χ2v) is 5.70. The van der Waals surface area contributed by atoms with Crippen LogP contribution >= 0.6 is 23.2 Å². The van der Waals surface area contributed by atoms with Gasteiger partial charge in [-0.25, -0.2) is 0 Å². The Morgan fingerprint density at radius 2 is 1.95 bits per heavy atom. The fraction of sp³-hybridized carbons (Fsp3) is 0.188. The number of nitrogens with zero attached hydrogens (tertiary/aromatic N) is 1. The van der Waals surface area contributed by atoms with Gasteiger partial charge in [-0.15, -0.1) is 0 Å². The minimum atomic E-state index is -0.168. The Kier molecular flexibility index (Phi) is 4.14. The van der Waals surface area contributed by atoms with Gasteiger partial charge >= 0.3 is 0 Å². The first-order valence-corrected chi connectivity index (χ1v) is 7.40. The fourth-order valence-electron chi connectivity index (χ4n) is 2.30. The summed E-state index contributed by atoms with van der Waals surface area (Å²) >= 11 is 12.2. The standard InChI is InChI=1S/C16H13Cl2NO3/c1-19(8-10-4-2-6-12(17)14(10)18)16(20)11-5-3-7-13-15(11)22-9-21-13/h2-7H,8-9H2,1H3. The molecule has 0 spiro atoms. The lowest BCUT2D eigenvalue weighted by Gasteiger charge is -2.19. The van der Waals surface area contributed by atoms with Crippen molar-refractivity contribution in [1.29, 1.82) is 0 Å². The smallest absolute Gasteiger partial charge is 0.257 e. The number of rotatable bonds is 3. The number of halogens is 2. The molecule has 0 atom stereocenters. The van der Waals surface area contributed by atoms with Crippen LogP contribution in [-0.4, -0.2) is 24.6 Å². The highest BCUT2D eigenvalue weighted by Gasteiger charge is 2.24. The molecule has 6 heteroatoms. The van der Waals surface area contributed by atoms with Crippen LogP contribution in [0.3, 0.4) is 0 Å². The van der Waals surface area contributed by atoms with Gasteiger partial charge in [0, 0.05) is 13.6 Å². The maximum atomic E-state index is 12.6. The molecule has 0 saturated heterocycles. The van der Waals surface area contributed by atoms with Crippen molar-refractivity contribution in [3.63, 3.8) is 0 Å². The third kappa shape index (κ3) is 2.72. The van der Waals surface area contributed by atoms with E-state index >= 15 is 0 Å². The number of hydrogen-bond donors (Lipinski definition) is 0. The third-order valence-electron chi connectivity index (χ3n) is 3.41. The molecule has 1 heterocycles. The Balaban J connectivity index is 1.84. The first-order chi connectivity index (χ1) is 10.6. The number of carbonyl (C=O) groups excluding carboxylic acids is 1. The average Bonchev–Trinajstić information content (AvgIpc) is 2.99. The first-order valence-electron chi connectivity index (χ1n) is 6.65. The summed E-state index contributed by atoms with van der Waals surface area (Å²) in [5, 5.41) is 0.930. The van der Waals surface area contributed by atoms with E-state index in [0.717, 1.165) is 5.56 Å². The van der Waals surface area contributed by atoms with Crippen molar-refractivity contribution < 1.29 is 14.3 Å². The summed E-state index contributed by atoms with van der Waals surface area (Å²) in [6.07, 6.45) is 0. The lowest BCUT2D eigenvalue weighted by atomic mass is 10.1. The lowest BCUT2D eigenvalue weighted by Crippen LogP contribution is -2.26. The maximum Gasteiger partial charge on any atom is 0.257 e. The number of fused-ring (bicyclic) bond motifs is 1. The van der Waals surface area contributed by atoms with E-state index in [1.807, 2.05) is 6.07 Å². The van der Waals surface area contributed by atoms with E-state index in [2.05, 4.69) is 0 Å². The molecule has 1 amide bonds. The van der Waals surface area contributed by atoms with Gasteiger partial charge in [0.25, 0.3) is 5.91 Å². The van der Waals surface area contributed by atoms with Crippen LogP contribution in [0.5, 0.6) is 11.5 Å². The summed E-state index contributed by atoms with van der Waals surface area (Å²) in [6.45, 7) is 0.478. The summed E-state index contributed by atoms with van der Waals surface area (Å²) in [4.78, 5) is 14.2. The zero-order chi connectivity index (χ0) is 15.7. The predicted molar refractivity (Wildman–Crippen MR) is 84.8 cm³/mol. The largest absolute Gasteiger partial charge is 0.454 e. The number of carbonyl (C=O) groups is 1. The molecule has 1 aliphatic rings. The summed E-state index contributed by atoms with van der Waals surface area (Å²) in [6, 6.07) is 10.6. The topological polar surface area (TPSA) is 38.8 Å². The third-order valence-corrected chi connectivity index (χ3v) is 4.27. The van der Waals surface area contributed by atoms with E-state index < -0.39 is 0 Å². The normalized spacial score (nSPS) is 12.3. The van der Waals surface area contributed by atoms with Gasteiger partial charge < -0.3 is 14.4 Å². The van der Waals surface area contributed by atoms with E-state index in [-0.39, 0.29) is 12.7 Å². The van der Waals surface area contributed by atoms with Crippen molar-refractivity contribution in [2.24, 2.45) is 0 Å². The van der Waals surface area contributed by atoms with Crippen LogP contribution in [0.1, 0.15) is 15.9 Å². The number of amides is 1. The molecule has 3 rings (SSSR count). The maximum absolute atomic E-state index is 12.6. The van der Waals surface area contributed by atoms with Crippen molar-refractivity contribution >= 4 is 29.1 Å². The highest BCUT2D eigenvalue weighted by molar-refractivity contribution is 6.42. The molecular weight excluding hydrogens is 325 g/mol. The molecule has 4 nitrogen and oxygen atoms in total. The van der Waals surface area contributed by atoms with Crippen LogP contribution in [0.25, 0.3) is 0 Å². The Morgan fingerprint density at radius 3 is 2.77 bits per heavy atom. The summed E-state index contributed by atoms with van der Waals surface area (Å²) in [7, 11) is 1.70. The highest BCUT2D eigenvalue weighted by atomic mass is 35.5. The lowest BCUT2D eigenvalue weighted by molar-refractivity contribution is 0.0780. The van der Waals surface area contributed by atoms with Gasteiger partial charge in [-0.2, -0.15) is 0 Å². The van der Waals surface area contributed by atoms with Gasteiger partial charge in [0.05, 0.1) is 15.6 Å². The van der Waals surface area contributed by atoms with E-state index in [9.17, 15) is 4.79 Å². The molecule has 1 aliphatic heterocycles. The quantitative estimate of drug-likeness (QED) is 0.849. The van der Waals surface area contributed by atoms with E-state index in [1.165, 1.54) is 0 Å². The Hall–Kier alpha value is -1.91. The SMILES string of the molecule is CN(Cc1cccc(Cl)c1Cl)C(=O)c1cccc2c1OCO2. The first kappa shape index (κ1) is 15.0. The predicted octanol–water partition coefficient (Wildman–Crippen LogP) is 3.99. The van der Waals surface area contributed by atoms with Crippen molar-refractivity contribution in [3.05, 3.63) is 57.6 Å². The van der Waals surface area contributed by atoms with Gasteiger partial charge in [-0.05, 0) is 23.8 Å². The summed E-state index contributed by atoms with van der Waals surface area (Å²) < 4.78 is 10.7. The van der Waals surface area contributed by atoms with Gasteiger partial charge in [-0.3, -0.25) is 4.79 Å². The molecule has 2 aromatic rings. The summed E-state index contributed by atoms with van der Waals surface area (Å²) in [5.74, 6) is 0.898. The van der Waals surface area contributed by atoms with Crippen LogP contribution in [0.15, 0.2) is 36.4 Å². The van der Waals surface area contributed by atoms with E-state index in [4.69, 9.17) is 32.7 Å². The molecule has 0 unspecified atom stereocenters. The van der Waals surface area contributed by atoms with Crippen LogP contribution in [0.2, 0.25) is 10.0 Å². The van der Waals surface area contributed by atoms with Crippen molar-refractivity contribution in [2.45, 2.75) is 6.54 Å². The van der Waals surface area contributed by atoms with Crippen LogP contribution in [0.4, 0.5) is 0 Å². The molecule has 22 heavy (non-hydrogen) atoms. The van der Waals surface area contributed by atoms with Crippen LogP contribution < -0.4 is 9.47 Å². The summed E-state index contributed by atoms with van der Waals surface area (Å²) in [5.41, 5.74) is 1.26. The van der Waals surface area contributed by atoms with E-state index in [0.29, 0.717) is 33.7 Å². The number of hydrogen-bond acceptors (Lipinski definition) is 3. The Labute approximate surface area is 138 Å².